The van der Waals surface area contributed by atoms with Gasteiger partial charge in [-0.3, -0.25) is 0 Å². The summed E-state index contributed by atoms with van der Waals surface area (Å²) in [5.41, 5.74) is 2.81. The number of aryl methyl sites for hydroxylation is 2. The molecule has 1 heteroatoms. The van der Waals surface area contributed by atoms with Crippen LogP contribution in [0.5, 0.6) is 0 Å². The molecule has 0 N–H and O–H groups in total. The SMILES string of the molecule is Cc1ccc(CCCS)c2ccccc12. The number of rotatable bonds is 3. The van der Waals surface area contributed by atoms with E-state index in [1.165, 1.54) is 21.9 Å². The first-order valence-corrected chi connectivity index (χ1v) is 6.04. The standard InChI is InChI=1S/C14H16S/c1-11-8-9-12(5-4-10-15)14-7-3-2-6-13(11)14/h2-3,6-9,15H,4-5,10H2,1H3. The van der Waals surface area contributed by atoms with Crippen molar-refractivity contribution in [2.75, 3.05) is 5.75 Å². The van der Waals surface area contributed by atoms with Crippen molar-refractivity contribution in [2.24, 2.45) is 0 Å². The van der Waals surface area contributed by atoms with Gasteiger partial charge in [-0.25, -0.2) is 0 Å². The fourth-order valence-corrected chi connectivity index (χ4v) is 2.16. The Kier molecular flexibility index (Phi) is 3.32. The monoisotopic (exact) mass is 216 g/mol. The molecule has 0 aliphatic heterocycles. The third kappa shape index (κ3) is 2.18. The second-order valence-electron chi connectivity index (χ2n) is 3.91. The number of thiol groups is 1. The Balaban J connectivity index is 2.51. The summed E-state index contributed by atoms with van der Waals surface area (Å²) < 4.78 is 0. The molecular weight excluding hydrogens is 200 g/mol. The molecular formula is C14H16S. The summed E-state index contributed by atoms with van der Waals surface area (Å²) in [6, 6.07) is 13.1. The van der Waals surface area contributed by atoms with Gasteiger partial charge in [-0.05, 0) is 47.4 Å². The lowest BCUT2D eigenvalue weighted by molar-refractivity contribution is 0.944. The molecule has 0 aliphatic rings. The molecule has 0 amide bonds. The summed E-state index contributed by atoms with van der Waals surface area (Å²) in [5.74, 6) is 0.961. The van der Waals surface area contributed by atoms with E-state index < -0.39 is 0 Å². The molecule has 78 valence electrons. The van der Waals surface area contributed by atoms with Crippen LogP contribution in [0.15, 0.2) is 36.4 Å². The predicted molar refractivity (Wildman–Crippen MR) is 70.9 cm³/mol. The van der Waals surface area contributed by atoms with E-state index in [0.29, 0.717) is 0 Å². The maximum Gasteiger partial charge on any atom is -0.00947 e. The van der Waals surface area contributed by atoms with E-state index in [1.54, 1.807) is 0 Å². The van der Waals surface area contributed by atoms with Crippen molar-refractivity contribution in [1.29, 1.82) is 0 Å². The summed E-state index contributed by atoms with van der Waals surface area (Å²) in [6.45, 7) is 2.17. The second kappa shape index (κ2) is 4.71. The molecule has 0 aromatic heterocycles. The molecule has 0 fully saturated rings. The van der Waals surface area contributed by atoms with E-state index in [1.807, 2.05) is 0 Å². The Morgan fingerprint density at radius 2 is 1.73 bits per heavy atom. The minimum atomic E-state index is 0.961. The van der Waals surface area contributed by atoms with Gasteiger partial charge in [-0.1, -0.05) is 36.4 Å². The van der Waals surface area contributed by atoms with Crippen molar-refractivity contribution in [3.8, 4) is 0 Å². The van der Waals surface area contributed by atoms with E-state index in [4.69, 9.17) is 0 Å². The Morgan fingerprint density at radius 1 is 1.00 bits per heavy atom. The van der Waals surface area contributed by atoms with E-state index in [2.05, 4.69) is 56.0 Å². The van der Waals surface area contributed by atoms with Crippen LogP contribution in [0.2, 0.25) is 0 Å². The van der Waals surface area contributed by atoms with Crippen LogP contribution in [0.25, 0.3) is 10.8 Å². The van der Waals surface area contributed by atoms with E-state index in [0.717, 1.165) is 18.6 Å². The number of hydrogen-bond acceptors (Lipinski definition) is 1. The van der Waals surface area contributed by atoms with Crippen molar-refractivity contribution in [2.45, 2.75) is 19.8 Å². The lowest BCUT2D eigenvalue weighted by atomic mass is 9.98. The van der Waals surface area contributed by atoms with Crippen molar-refractivity contribution < 1.29 is 0 Å². The highest BCUT2D eigenvalue weighted by atomic mass is 32.1. The van der Waals surface area contributed by atoms with Gasteiger partial charge in [0.25, 0.3) is 0 Å². The highest BCUT2D eigenvalue weighted by Crippen LogP contribution is 2.23. The Labute approximate surface area is 96.7 Å². The average Bonchev–Trinajstić information content (AvgIpc) is 2.29. The molecule has 2 aromatic rings. The quantitative estimate of drug-likeness (QED) is 0.736. The zero-order valence-corrected chi connectivity index (χ0v) is 9.93. The first-order valence-electron chi connectivity index (χ1n) is 5.41. The molecule has 0 bridgehead atoms. The molecule has 0 saturated carbocycles. The molecule has 0 spiro atoms. The van der Waals surface area contributed by atoms with Crippen LogP contribution >= 0.6 is 12.6 Å². The average molecular weight is 216 g/mol. The van der Waals surface area contributed by atoms with Gasteiger partial charge in [0.05, 0.1) is 0 Å². The van der Waals surface area contributed by atoms with Gasteiger partial charge in [0.15, 0.2) is 0 Å². The van der Waals surface area contributed by atoms with Crippen LogP contribution in [0.4, 0.5) is 0 Å². The van der Waals surface area contributed by atoms with Crippen molar-refractivity contribution in [3.63, 3.8) is 0 Å². The van der Waals surface area contributed by atoms with E-state index >= 15 is 0 Å². The van der Waals surface area contributed by atoms with Crippen LogP contribution in [-0.2, 0) is 6.42 Å². The lowest BCUT2D eigenvalue weighted by Gasteiger charge is -2.08. The summed E-state index contributed by atoms with van der Waals surface area (Å²) >= 11 is 4.27. The van der Waals surface area contributed by atoms with Crippen LogP contribution in [0.3, 0.4) is 0 Å². The predicted octanol–water partition coefficient (Wildman–Crippen LogP) is 4.01. The molecule has 0 aliphatic carbocycles. The van der Waals surface area contributed by atoms with Gasteiger partial charge in [0.1, 0.15) is 0 Å². The summed E-state index contributed by atoms with van der Waals surface area (Å²) in [7, 11) is 0. The summed E-state index contributed by atoms with van der Waals surface area (Å²) in [6.07, 6.45) is 2.28. The van der Waals surface area contributed by atoms with Gasteiger partial charge in [-0.2, -0.15) is 12.6 Å². The zero-order chi connectivity index (χ0) is 10.7. The first kappa shape index (κ1) is 10.6. The van der Waals surface area contributed by atoms with Crippen LogP contribution < -0.4 is 0 Å². The zero-order valence-electron chi connectivity index (χ0n) is 9.03. The summed E-state index contributed by atoms with van der Waals surface area (Å²) in [5, 5.41) is 2.79. The van der Waals surface area contributed by atoms with Gasteiger partial charge in [0.2, 0.25) is 0 Å². The molecule has 0 saturated heterocycles. The third-order valence-corrected chi connectivity index (χ3v) is 3.15. The van der Waals surface area contributed by atoms with E-state index in [9.17, 15) is 0 Å². The smallest absolute Gasteiger partial charge is 0.00947 e. The molecule has 0 nitrogen and oxygen atoms in total. The Morgan fingerprint density at radius 3 is 2.47 bits per heavy atom. The summed E-state index contributed by atoms with van der Waals surface area (Å²) in [4.78, 5) is 0. The Bertz CT molecular complexity index is 460. The second-order valence-corrected chi connectivity index (χ2v) is 4.36. The number of benzene rings is 2. The Hall–Kier alpha value is -0.950. The highest BCUT2D eigenvalue weighted by Gasteiger charge is 2.01. The van der Waals surface area contributed by atoms with Crippen LogP contribution in [-0.4, -0.2) is 5.75 Å². The van der Waals surface area contributed by atoms with Crippen molar-refractivity contribution in [3.05, 3.63) is 47.5 Å². The minimum Gasteiger partial charge on any atom is -0.179 e. The molecule has 15 heavy (non-hydrogen) atoms. The number of hydrogen-bond donors (Lipinski definition) is 1. The van der Waals surface area contributed by atoms with Gasteiger partial charge >= 0.3 is 0 Å². The van der Waals surface area contributed by atoms with Crippen LogP contribution in [0.1, 0.15) is 17.5 Å². The maximum atomic E-state index is 4.27. The lowest BCUT2D eigenvalue weighted by Crippen LogP contribution is -1.90. The van der Waals surface area contributed by atoms with Gasteiger partial charge < -0.3 is 0 Å². The maximum absolute atomic E-state index is 4.27. The molecule has 0 atom stereocenters. The topological polar surface area (TPSA) is 0 Å². The molecule has 0 heterocycles. The molecule has 2 aromatic carbocycles. The normalized spacial score (nSPS) is 10.8. The molecule has 0 unspecified atom stereocenters. The van der Waals surface area contributed by atoms with Gasteiger partial charge in [0, 0.05) is 0 Å². The minimum absolute atomic E-state index is 0.961. The third-order valence-electron chi connectivity index (χ3n) is 2.84. The van der Waals surface area contributed by atoms with E-state index in [-0.39, 0.29) is 0 Å². The van der Waals surface area contributed by atoms with Crippen molar-refractivity contribution in [1.82, 2.24) is 0 Å². The largest absolute Gasteiger partial charge is 0.179 e. The molecule has 2 rings (SSSR count). The fraction of sp³-hybridized carbons (Fsp3) is 0.286. The number of fused-ring (bicyclic) bond motifs is 1. The van der Waals surface area contributed by atoms with Crippen molar-refractivity contribution >= 4 is 23.4 Å². The fourth-order valence-electron chi connectivity index (χ4n) is 2.00. The first-order chi connectivity index (χ1) is 7.33. The van der Waals surface area contributed by atoms with Gasteiger partial charge in [-0.15, -0.1) is 0 Å². The molecule has 0 radical (unpaired) electrons. The van der Waals surface area contributed by atoms with Crippen LogP contribution in [0, 0.1) is 6.92 Å². The highest BCUT2D eigenvalue weighted by molar-refractivity contribution is 7.80.